The van der Waals surface area contributed by atoms with Gasteiger partial charge in [0.25, 0.3) is 0 Å². The Kier molecular flexibility index (Phi) is 6.57. The maximum atomic E-state index is 13.9. The number of benzene rings is 2. The molecule has 3 aromatic rings. The SMILES string of the molecule is CC(C)(C#N)c1ccc(Cn2cc3cc(/C=C4\SC(=O)N=C4N4CCC(O)C4)ccc3n2)c(C(F)(F)F)c1. The van der Waals surface area contributed by atoms with Crippen molar-refractivity contribution < 1.29 is 23.1 Å². The molecule has 1 amide bonds. The molecule has 1 saturated heterocycles. The van der Waals surface area contributed by atoms with Crippen LogP contribution < -0.4 is 0 Å². The summed E-state index contributed by atoms with van der Waals surface area (Å²) in [5.41, 5.74) is -0.0697. The van der Waals surface area contributed by atoms with Gasteiger partial charge in [-0.1, -0.05) is 18.2 Å². The number of fused-ring (bicyclic) bond motifs is 1. The molecule has 0 bridgehead atoms. The molecule has 5 rings (SSSR count). The summed E-state index contributed by atoms with van der Waals surface area (Å²) in [5, 5.41) is 24.1. The summed E-state index contributed by atoms with van der Waals surface area (Å²) >= 11 is 1.02. The van der Waals surface area contributed by atoms with Crippen LogP contribution in [0.1, 0.15) is 42.5 Å². The summed E-state index contributed by atoms with van der Waals surface area (Å²) in [5.74, 6) is 0.551. The van der Waals surface area contributed by atoms with E-state index in [-0.39, 0.29) is 17.3 Å². The van der Waals surface area contributed by atoms with Gasteiger partial charge in [-0.15, -0.1) is 0 Å². The van der Waals surface area contributed by atoms with Crippen LogP contribution in [0.5, 0.6) is 0 Å². The zero-order valence-electron chi connectivity index (χ0n) is 20.7. The van der Waals surface area contributed by atoms with Gasteiger partial charge in [-0.05, 0) is 73.0 Å². The number of nitriles is 1. The first-order chi connectivity index (χ1) is 17.9. The lowest BCUT2D eigenvalue weighted by Crippen LogP contribution is -2.29. The van der Waals surface area contributed by atoms with Gasteiger partial charge in [-0.3, -0.25) is 9.48 Å². The van der Waals surface area contributed by atoms with Crippen molar-refractivity contribution in [2.45, 2.75) is 44.5 Å². The predicted octanol–water partition coefficient (Wildman–Crippen LogP) is 5.58. The van der Waals surface area contributed by atoms with E-state index >= 15 is 0 Å². The standard InChI is InChI=1S/C27H24F3N5O2S/c1-26(2,15-31)19-5-4-17(21(11-19)27(28,29)30)12-35-13-18-9-16(3-6-22(18)33-35)10-23-24(32-25(37)38-23)34-8-7-20(36)14-34/h3-6,9-11,13,20,36H,7-8,12,14H2,1-2H3/b23-10-. The van der Waals surface area contributed by atoms with Gasteiger partial charge >= 0.3 is 11.4 Å². The average molecular weight is 540 g/mol. The van der Waals surface area contributed by atoms with Crippen molar-refractivity contribution in [2.75, 3.05) is 13.1 Å². The van der Waals surface area contributed by atoms with Gasteiger partial charge in [-0.2, -0.15) is 28.5 Å². The number of amides is 1. The molecule has 0 radical (unpaired) electrons. The van der Waals surface area contributed by atoms with Crippen LogP contribution >= 0.6 is 11.8 Å². The van der Waals surface area contributed by atoms with Gasteiger partial charge in [0.15, 0.2) is 0 Å². The number of rotatable bonds is 4. The number of thioether (sulfide) groups is 1. The largest absolute Gasteiger partial charge is 0.416 e. The maximum Gasteiger partial charge on any atom is 0.416 e. The van der Waals surface area contributed by atoms with Crippen LogP contribution in [0.15, 0.2) is 52.5 Å². The molecule has 2 aromatic carbocycles. The van der Waals surface area contributed by atoms with Crippen LogP contribution in [0.4, 0.5) is 18.0 Å². The molecule has 0 spiro atoms. The molecular weight excluding hydrogens is 515 g/mol. The number of hydrogen-bond acceptors (Lipinski definition) is 6. The number of carbonyl (C=O) groups excluding carboxylic acids is 1. The van der Waals surface area contributed by atoms with E-state index in [1.165, 1.54) is 10.7 Å². The minimum atomic E-state index is -4.58. The number of halogens is 3. The Hall–Kier alpha value is -3.62. The summed E-state index contributed by atoms with van der Waals surface area (Å²) in [6.07, 6.45) is -0.889. The van der Waals surface area contributed by atoms with Crippen molar-refractivity contribution in [1.29, 1.82) is 5.26 Å². The first-order valence-electron chi connectivity index (χ1n) is 12.0. The van der Waals surface area contributed by atoms with E-state index in [9.17, 15) is 28.3 Å². The highest BCUT2D eigenvalue weighted by atomic mass is 32.2. The highest BCUT2D eigenvalue weighted by Crippen LogP contribution is 2.36. The molecule has 11 heteroatoms. The van der Waals surface area contributed by atoms with Crippen LogP contribution in [0, 0.1) is 11.3 Å². The molecular formula is C27H24F3N5O2S. The Bertz CT molecular complexity index is 1530. The number of aromatic nitrogens is 2. The summed E-state index contributed by atoms with van der Waals surface area (Å²) in [7, 11) is 0. The molecule has 3 heterocycles. The van der Waals surface area contributed by atoms with Crippen molar-refractivity contribution in [3.8, 4) is 6.07 Å². The number of aliphatic imine (C=N–C) groups is 1. The van der Waals surface area contributed by atoms with E-state index in [0.29, 0.717) is 41.3 Å². The van der Waals surface area contributed by atoms with E-state index < -0.39 is 23.3 Å². The predicted molar refractivity (Wildman–Crippen MR) is 140 cm³/mol. The summed E-state index contributed by atoms with van der Waals surface area (Å²) < 4.78 is 43.2. The highest BCUT2D eigenvalue weighted by Gasteiger charge is 2.35. The van der Waals surface area contributed by atoms with Gasteiger partial charge in [0.2, 0.25) is 0 Å². The number of nitrogens with zero attached hydrogens (tertiary/aromatic N) is 5. The topological polar surface area (TPSA) is 94.5 Å². The summed E-state index contributed by atoms with van der Waals surface area (Å²) in [4.78, 5) is 18.7. The Morgan fingerprint density at radius 1 is 1.24 bits per heavy atom. The van der Waals surface area contributed by atoms with Crippen molar-refractivity contribution in [3.05, 3.63) is 69.8 Å². The third-order valence-electron chi connectivity index (χ3n) is 6.70. The van der Waals surface area contributed by atoms with Crippen LogP contribution in [0.25, 0.3) is 17.0 Å². The molecule has 1 fully saturated rings. The zero-order chi connectivity index (χ0) is 27.2. The number of likely N-dealkylation sites (tertiary alicyclic amines) is 1. The Morgan fingerprint density at radius 2 is 2.03 bits per heavy atom. The third kappa shape index (κ3) is 5.19. The zero-order valence-corrected chi connectivity index (χ0v) is 21.5. The minimum absolute atomic E-state index is 0.0552. The lowest BCUT2D eigenvalue weighted by molar-refractivity contribution is -0.138. The number of carbonyl (C=O) groups is 1. The van der Waals surface area contributed by atoms with Gasteiger partial charge < -0.3 is 10.0 Å². The smallest absolute Gasteiger partial charge is 0.391 e. The van der Waals surface area contributed by atoms with Crippen LogP contribution in [-0.4, -0.2) is 50.1 Å². The third-order valence-corrected chi connectivity index (χ3v) is 7.49. The molecule has 1 aromatic heterocycles. The Labute approximate surface area is 221 Å². The normalized spacial score (nSPS) is 19.4. The molecule has 1 unspecified atom stereocenters. The Balaban J connectivity index is 1.43. The lowest BCUT2D eigenvalue weighted by atomic mass is 9.84. The number of β-amino-alcohol motifs (C(OH)–C–C–N with tert-alkyl or cyclic N) is 1. The fourth-order valence-corrected chi connectivity index (χ4v) is 5.36. The second-order valence-corrected chi connectivity index (χ2v) is 10.9. The highest BCUT2D eigenvalue weighted by molar-refractivity contribution is 8.18. The van der Waals surface area contributed by atoms with Crippen LogP contribution in [0.3, 0.4) is 0 Å². The molecule has 7 nitrogen and oxygen atoms in total. The first kappa shape index (κ1) is 26.0. The number of aliphatic hydroxyl groups is 1. The van der Waals surface area contributed by atoms with Gasteiger partial charge in [-0.25, -0.2) is 0 Å². The quantitative estimate of drug-likeness (QED) is 0.465. The number of alkyl halides is 3. The monoisotopic (exact) mass is 539 g/mol. The van der Waals surface area contributed by atoms with Crippen molar-refractivity contribution >= 4 is 39.8 Å². The first-order valence-corrected chi connectivity index (χ1v) is 12.8. The number of amidine groups is 1. The van der Waals surface area contributed by atoms with E-state index in [1.54, 1.807) is 32.2 Å². The molecule has 1 N–H and O–H groups in total. The van der Waals surface area contributed by atoms with E-state index in [1.807, 2.05) is 29.2 Å². The van der Waals surface area contributed by atoms with Gasteiger partial charge in [0.1, 0.15) is 5.84 Å². The molecule has 0 saturated carbocycles. The molecule has 2 aliphatic heterocycles. The number of aliphatic hydroxyl groups excluding tert-OH is 1. The average Bonchev–Trinajstić information content (AvgIpc) is 3.56. The molecule has 0 aliphatic carbocycles. The van der Waals surface area contributed by atoms with Crippen molar-refractivity contribution in [3.63, 3.8) is 0 Å². The molecule has 196 valence electrons. The van der Waals surface area contributed by atoms with Crippen molar-refractivity contribution in [1.82, 2.24) is 14.7 Å². The molecule has 2 aliphatic rings. The maximum absolute atomic E-state index is 13.9. The van der Waals surface area contributed by atoms with Crippen LogP contribution in [-0.2, 0) is 18.1 Å². The van der Waals surface area contributed by atoms with E-state index in [2.05, 4.69) is 10.1 Å². The second kappa shape index (κ2) is 9.60. The summed E-state index contributed by atoms with van der Waals surface area (Å²) in [6.45, 7) is 4.11. The van der Waals surface area contributed by atoms with Crippen LogP contribution in [0.2, 0.25) is 0 Å². The lowest BCUT2D eigenvalue weighted by Gasteiger charge is -2.20. The fourth-order valence-electron chi connectivity index (χ4n) is 4.58. The molecule has 1 atom stereocenters. The van der Waals surface area contributed by atoms with E-state index in [0.717, 1.165) is 28.8 Å². The van der Waals surface area contributed by atoms with E-state index in [4.69, 9.17) is 0 Å². The van der Waals surface area contributed by atoms with Gasteiger partial charge in [0, 0.05) is 24.7 Å². The number of hydrogen-bond donors (Lipinski definition) is 1. The minimum Gasteiger partial charge on any atom is -0.391 e. The Morgan fingerprint density at radius 3 is 2.71 bits per heavy atom. The van der Waals surface area contributed by atoms with Gasteiger partial charge in [0.05, 0.1) is 40.1 Å². The second-order valence-electron chi connectivity index (χ2n) is 9.95. The molecule has 38 heavy (non-hydrogen) atoms. The summed E-state index contributed by atoms with van der Waals surface area (Å²) in [6, 6.07) is 11.5. The fraction of sp³-hybridized carbons (Fsp3) is 0.333. The van der Waals surface area contributed by atoms with Crippen molar-refractivity contribution in [2.24, 2.45) is 4.99 Å².